The van der Waals surface area contributed by atoms with E-state index in [1.54, 1.807) is 26.4 Å². The van der Waals surface area contributed by atoms with Crippen LogP contribution in [0.3, 0.4) is 0 Å². The zero-order valence-corrected chi connectivity index (χ0v) is 17.7. The van der Waals surface area contributed by atoms with Crippen molar-refractivity contribution in [2.24, 2.45) is 0 Å². The quantitative estimate of drug-likeness (QED) is 0.554. The number of benzene rings is 3. The van der Waals surface area contributed by atoms with Gasteiger partial charge in [-0.3, -0.25) is 0 Å². The molecule has 3 rings (SSSR count). The van der Waals surface area contributed by atoms with Gasteiger partial charge in [0.2, 0.25) is 11.5 Å². The minimum absolute atomic E-state index is 0.0483. The topological polar surface area (TPSA) is 60.0 Å². The van der Waals surface area contributed by atoms with Crippen molar-refractivity contribution in [3.63, 3.8) is 0 Å². The van der Waals surface area contributed by atoms with Crippen LogP contribution in [-0.4, -0.2) is 26.8 Å². The summed E-state index contributed by atoms with van der Waals surface area (Å²) in [6.45, 7) is 1.87. The minimum Gasteiger partial charge on any atom is -0.823 e. The van der Waals surface area contributed by atoms with Crippen molar-refractivity contribution >= 4 is 19.0 Å². The Labute approximate surface area is 172 Å². The number of hydrogen-bond acceptors (Lipinski definition) is 5. The molecular weight excluding hydrogens is 387 g/mol. The normalized spacial score (nSPS) is 11.1. The van der Waals surface area contributed by atoms with Gasteiger partial charge < -0.3 is 24.1 Å². The molecular formula is C23H22O5P-. The molecule has 0 aromatic heterocycles. The first kappa shape index (κ1) is 20.7. The molecule has 0 unspecified atom stereocenters. The molecule has 0 heterocycles. The second-order valence-electron chi connectivity index (χ2n) is 6.10. The number of ether oxygens (including phenoxy) is 4. The average Bonchev–Trinajstić information content (AvgIpc) is 2.76. The van der Waals surface area contributed by atoms with Gasteiger partial charge in [-0.1, -0.05) is 56.7 Å². The van der Waals surface area contributed by atoms with Crippen LogP contribution in [0.5, 0.6) is 28.7 Å². The highest BCUT2D eigenvalue weighted by atomic mass is 31.1. The molecule has 0 amide bonds. The van der Waals surface area contributed by atoms with Crippen LogP contribution in [0.2, 0.25) is 0 Å². The van der Waals surface area contributed by atoms with Crippen LogP contribution in [0.15, 0.2) is 60.7 Å². The fourth-order valence-corrected chi connectivity index (χ4v) is 4.01. The van der Waals surface area contributed by atoms with Crippen molar-refractivity contribution in [1.29, 1.82) is 0 Å². The third kappa shape index (κ3) is 4.37. The summed E-state index contributed by atoms with van der Waals surface area (Å²) in [4.78, 5) is 0. The van der Waals surface area contributed by atoms with E-state index in [0.29, 0.717) is 47.8 Å². The Morgan fingerprint density at radius 2 is 1.28 bits per heavy atom. The van der Waals surface area contributed by atoms with E-state index in [0.717, 1.165) is 5.56 Å². The van der Waals surface area contributed by atoms with Gasteiger partial charge in [-0.15, -0.1) is 5.48 Å². The third-order valence-corrected chi connectivity index (χ3v) is 5.56. The Balaban J connectivity index is 2.20. The number of methoxy groups -OCH3 is 3. The first-order valence-electron chi connectivity index (χ1n) is 8.97. The van der Waals surface area contributed by atoms with Crippen LogP contribution in [0.25, 0.3) is 0 Å². The lowest BCUT2D eigenvalue weighted by atomic mass is 10.1. The molecule has 0 aliphatic rings. The average molecular weight is 409 g/mol. The van der Waals surface area contributed by atoms with E-state index in [1.165, 1.54) is 7.11 Å². The van der Waals surface area contributed by atoms with Crippen LogP contribution in [0.1, 0.15) is 11.1 Å². The molecule has 5 nitrogen and oxygen atoms in total. The molecule has 0 atom stereocenters. The highest BCUT2D eigenvalue weighted by Crippen LogP contribution is 2.48. The van der Waals surface area contributed by atoms with E-state index in [9.17, 15) is 5.11 Å². The zero-order chi connectivity index (χ0) is 20.8. The SMILES string of the molecule is COc1c(C)c(P=C([O-])c2ccccc2)c(OC)c(OC)c1Oc1ccccc1. The Hall–Kier alpha value is -3.01. The summed E-state index contributed by atoms with van der Waals surface area (Å²) >= 11 is 0. The lowest BCUT2D eigenvalue weighted by Gasteiger charge is -2.22. The highest BCUT2D eigenvalue weighted by Gasteiger charge is 2.25. The summed E-state index contributed by atoms with van der Waals surface area (Å²) in [7, 11) is 5.09. The largest absolute Gasteiger partial charge is 0.823 e. The lowest BCUT2D eigenvalue weighted by molar-refractivity contribution is -0.207. The molecule has 29 heavy (non-hydrogen) atoms. The standard InChI is InChI=1S/C23H23O5P/c1-15-18(25-2)20(28-17-13-9-6-10-14-17)19(26-3)21(27-4)22(15)29-23(24)16-11-7-5-8-12-16/h5-14,24H,1-4H3/p-1. The molecule has 150 valence electrons. The van der Waals surface area contributed by atoms with Crippen molar-refractivity contribution in [1.82, 2.24) is 0 Å². The molecule has 0 radical (unpaired) electrons. The van der Waals surface area contributed by atoms with Crippen molar-refractivity contribution in [3.8, 4) is 28.7 Å². The minimum atomic E-state index is -0.0483. The molecule has 0 aliphatic heterocycles. The molecule has 6 heteroatoms. The maximum Gasteiger partial charge on any atom is 0.215 e. The summed E-state index contributed by atoms with van der Waals surface area (Å²) in [6, 6.07) is 18.5. The van der Waals surface area contributed by atoms with Crippen molar-refractivity contribution in [2.45, 2.75) is 6.92 Å². The van der Waals surface area contributed by atoms with E-state index >= 15 is 0 Å². The second-order valence-corrected chi connectivity index (χ2v) is 7.18. The van der Waals surface area contributed by atoms with Crippen LogP contribution in [-0.2, 0) is 0 Å². The van der Waals surface area contributed by atoms with E-state index < -0.39 is 0 Å². The summed E-state index contributed by atoms with van der Waals surface area (Å²) in [6.07, 6.45) is 0. The lowest BCUT2D eigenvalue weighted by Crippen LogP contribution is -2.19. The Kier molecular flexibility index (Phi) is 6.76. The van der Waals surface area contributed by atoms with Crippen LogP contribution in [0, 0.1) is 6.92 Å². The van der Waals surface area contributed by atoms with Gasteiger partial charge in [-0.05, 0) is 24.6 Å². The summed E-state index contributed by atoms with van der Waals surface area (Å²) < 4.78 is 23.0. The first-order valence-corrected chi connectivity index (χ1v) is 9.86. The molecule has 0 saturated heterocycles. The fourth-order valence-electron chi connectivity index (χ4n) is 2.96. The van der Waals surface area contributed by atoms with E-state index in [2.05, 4.69) is 0 Å². The third-order valence-electron chi connectivity index (χ3n) is 4.34. The van der Waals surface area contributed by atoms with Gasteiger partial charge in [0.05, 0.1) is 26.6 Å². The maximum atomic E-state index is 12.8. The Bertz CT molecular complexity index is 1000. The molecule has 0 fully saturated rings. The Morgan fingerprint density at radius 3 is 1.83 bits per heavy atom. The molecule has 0 bridgehead atoms. The molecule has 0 N–H and O–H groups in total. The van der Waals surface area contributed by atoms with Gasteiger partial charge in [0.25, 0.3) is 0 Å². The van der Waals surface area contributed by atoms with Crippen LogP contribution < -0.4 is 29.4 Å². The smallest absolute Gasteiger partial charge is 0.215 e. The molecule has 0 spiro atoms. The first-order chi connectivity index (χ1) is 14.1. The van der Waals surface area contributed by atoms with Gasteiger partial charge in [0.15, 0.2) is 11.5 Å². The Morgan fingerprint density at radius 1 is 0.724 bits per heavy atom. The van der Waals surface area contributed by atoms with Crippen molar-refractivity contribution in [3.05, 3.63) is 71.8 Å². The second kappa shape index (κ2) is 9.46. The van der Waals surface area contributed by atoms with Gasteiger partial charge in [0.1, 0.15) is 5.75 Å². The summed E-state index contributed by atoms with van der Waals surface area (Å²) in [5.41, 5.74) is 1.33. The van der Waals surface area contributed by atoms with E-state index in [1.807, 2.05) is 55.5 Å². The van der Waals surface area contributed by atoms with Gasteiger partial charge in [0, 0.05) is 5.56 Å². The number of para-hydroxylation sites is 1. The van der Waals surface area contributed by atoms with Crippen molar-refractivity contribution < 1.29 is 24.1 Å². The predicted molar refractivity (Wildman–Crippen MR) is 114 cm³/mol. The number of hydrogen-bond donors (Lipinski definition) is 0. The molecule has 3 aromatic carbocycles. The molecule has 0 aliphatic carbocycles. The predicted octanol–water partition coefficient (Wildman–Crippen LogP) is 3.92. The summed E-state index contributed by atoms with van der Waals surface area (Å²) in [5.74, 6) is 2.36. The fraction of sp³-hybridized carbons (Fsp3) is 0.174. The summed E-state index contributed by atoms with van der Waals surface area (Å²) in [5, 5.41) is 13.5. The van der Waals surface area contributed by atoms with Crippen LogP contribution >= 0.6 is 8.20 Å². The van der Waals surface area contributed by atoms with E-state index in [-0.39, 0.29) is 5.48 Å². The van der Waals surface area contributed by atoms with Gasteiger partial charge in [-0.25, -0.2) is 0 Å². The monoisotopic (exact) mass is 409 g/mol. The number of rotatable bonds is 7. The zero-order valence-electron chi connectivity index (χ0n) is 16.8. The van der Waals surface area contributed by atoms with Crippen molar-refractivity contribution in [2.75, 3.05) is 21.3 Å². The highest BCUT2D eigenvalue weighted by molar-refractivity contribution is 7.49. The maximum absolute atomic E-state index is 12.8. The molecule has 3 aromatic rings. The van der Waals surface area contributed by atoms with Gasteiger partial charge >= 0.3 is 0 Å². The van der Waals surface area contributed by atoms with Crippen LogP contribution in [0.4, 0.5) is 0 Å². The molecule has 0 saturated carbocycles. The van der Waals surface area contributed by atoms with Gasteiger partial charge in [-0.2, -0.15) is 0 Å². The van der Waals surface area contributed by atoms with E-state index in [4.69, 9.17) is 18.9 Å².